The maximum Gasteiger partial charge on any atom is 0.416 e. The fourth-order valence-electron chi connectivity index (χ4n) is 3.28. The molecule has 2 rings (SSSR count). The molecule has 0 bridgehead atoms. The number of benzene rings is 1. The predicted octanol–water partition coefficient (Wildman–Crippen LogP) is 3.83. The molecule has 28 heavy (non-hydrogen) atoms. The number of halogens is 4. The van der Waals surface area contributed by atoms with Crippen molar-refractivity contribution in [2.45, 2.75) is 45.5 Å². The molecule has 0 saturated carbocycles. The van der Waals surface area contributed by atoms with Crippen LogP contribution in [0.4, 0.5) is 18.9 Å². The first-order valence-corrected chi connectivity index (χ1v) is 11.2. The smallest absolute Gasteiger partial charge is 0.372 e. The van der Waals surface area contributed by atoms with E-state index < -0.39 is 33.7 Å². The normalized spacial score (nSPS) is 20.2. The molecular weight excluding hydrogens is 417 g/mol. The number of anilines is 1. The Bertz CT molecular complexity index is 828. The molecule has 1 heterocycles. The van der Waals surface area contributed by atoms with Crippen molar-refractivity contribution in [2.75, 3.05) is 23.4 Å². The van der Waals surface area contributed by atoms with Gasteiger partial charge in [0.25, 0.3) is 0 Å². The van der Waals surface area contributed by atoms with Gasteiger partial charge in [0.15, 0.2) is 9.84 Å². The lowest BCUT2D eigenvalue weighted by atomic mass is 10.0. The van der Waals surface area contributed by atoms with E-state index in [0.717, 1.165) is 12.1 Å². The molecule has 1 fully saturated rings. The van der Waals surface area contributed by atoms with Gasteiger partial charge in [0.05, 0.1) is 27.8 Å². The van der Waals surface area contributed by atoms with Crippen LogP contribution in [-0.4, -0.2) is 49.4 Å². The Kier molecular flexibility index (Phi) is 6.91. The summed E-state index contributed by atoms with van der Waals surface area (Å²) in [5.41, 5.74) is -0.654. The van der Waals surface area contributed by atoms with Crippen LogP contribution in [0.3, 0.4) is 0 Å². The van der Waals surface area contributed by atoms with E-state index in [1.165, 1.54) is 11.0 Å². The lowest BCUT2D eigenvalue weighted by Gasteiger charge is -2.33. The number of sulfone groups is 1. The molecule has 1 N–H and O–H groups in total. The number of hydrogen-bond donors (Lipinski definition) is 1. The second-order valence-corrected chi connectivity index (χ2v) is 9.88. The van der Waals surface area contributed by atoms with E-state index in [2.05, 4.69) is 5.32 Å². The Hall–Kier alpha value is -1.48. The summed E-state index contributed by atoms with van der Waals surface area (Å²) in [6.07, 6.45) is -4.13. The molecule has 1 amide bonds. The Labute approximate surface area is 168 Å². The highest BCUT2D eigenvalue weighted by atomic mass is 35.5. The quantitative estimate of drug-likeness (QED) is 0.730. The summed E-state index contributed by atoms with van der Waals surface area (Å²) in [5, 5.41) is 2.81. The summed E-state index contributed by atoms with van der Waals surface area (Å²) >= 11 is 6.00. The Morgan fingerprint density at radius 1 is 1.36 bits per heavy atom. The van der Waals surface area contributed by atoms with Crippen molar-refractivity contribution < 1.29 is 26.4 Å². The van der Waals surface area contributed by atoms with Crippen LogP contribution >= 0.6 is 11.6 Å². The van der Waals surface area contributed by atoms with Crippen molar-refractivity contribution in [1.29, 1.82) is 0 Å². The first-order valence-electron chi connectivity index (χ1n) is 9.00. The van der Waals surface area contributed by atoms with E-state index in [4.69, 9.17) is 11.6 Å². The third-order valence-corrected chi connectivity index (χ3v) is 6.88. The van der Waals surface area contributed by atoms with Crippen molar-refractivity contribution >= 4 is 33.0 Å². The third kappa shape index (κ3) is 5.31. The minimum atomic E-state index is -4.51. The summed E-state index contributed by atoms with van der Waals surface area (Å²) in [6.45, 7) is 5.70. The van der Waals surface area contributed by atoms with Crippen molar-refractivity contribution in [3.05, 3.63) is 28.8 Å². The fraction of sp³-hybridized carbons (Fsp3) is 0.611. The number of hydrogen-bond acceptors (Lipinski definition) is 4. The molecule has 158 valence electrons. The molecule has 0 spiro atoms. The summed E-state index contributed by atoms with van der Waals surface area (Å²) in [4.78, 5) is 14.6. The first kappa shape index (κ1) is 22.8. The summed E-state index contributed by atoms with van der Waals surface area (Å²) in [5.74, 6) is -0.516. The third-order valence-electron chi connectivity index (χ3n) is 4.81. The van der Waals surface area contributed by atoms with Gasteiger partial charge < -0.3 is 10.2 Å². The number of likely N-dealkylation sites (N-methyl/N-ethyl adjacent to an activating group) is 1. The Balaban J connectivity index is 2.24. The molecule has 1 aliphatic rings. The second-order valence-electron chi connectivity index (χ2n) is 7.24. The minimum absolute atomic E-state index is 0.0476. The second kappa shape index (κ2) is 8.49. The van der Waals surface area contributed by atoms with Crippen molar-refractivity contribution in [3.63, 3.8) is 0 Å². The first-order chi connectivity index (χ1) is 12.9. The van der Waals surface area contributed by atoms with Gasteiger partial charge >= 0.3 is 6.18 Å². The number of carbonyl (C=O) groups is 1. The molecule has 1 saturated heterocycles. The molecule has 1 aromatic rings. The van der Waals surface area contributed by atoms with E-state index in [0.29, 0.717) is 13.0 Å². The number of rotatable bonds is 6. The molecule has 1 aliphatic heterocycles. The average molecular weight is 441 g/mol. The molecule has 0 unspecified atom stereocenters. The van der Waals surface area contributed by atoms with Crippen LogP contribution in [0.2, 0.25) is 5.02 Å². The lowest BCUT2D eigenvalue weighted by Crippen LogP contribution is -2.50. The number of alkyl halides is 3. The van der Waals surface area contributed by atoms with Crippen LogP contribution in [-0.2, 0) is 20.8 Å². The summed E-state index contributed by atoms with van der Waals surface area (Å²) in [6, 6.07) is 1.76. The van der Waals surface area contributed by atoms with E-state index in [1.54, 1.807) is 20.8 Å². The Morgan fingerprint density at radius 2 is 2.00 bits per heavy atom. The van der Waals surface area contributed by atoms with E-state index in [9.17, 15) is 26.4 Å². The van der Waals surface area contributed by atoms with E-state index in [-0.39, 0.29) is 34.0 Å². The topological polar surface area (TPSA) is 66.5 Å². The van der Waals surface area contributed by atoms with Crippen LogP contribution in [0.1, 0.15) is 32.8 Å². The molecule has 2 atom stereocenters. The van der Waals surface area contributed by atoms with Crippen LogP contribution in [0, 0.1) is 5.92 Å². The van der Waals surface area contributed by atoms with Gasteiger partial charge in [-0.15, -0.1) is 0 Å². The number of amides is 1. The van der Waals surface area contributed by atoms with E-state index in [1.807, 2.05) is 0 Å². The zero-order valence-corrected chi connectivity index (χ0v) is 17.5. The number of nitrogens with one attached hydrogen (secondary N) is 1. The van der Waals surface area contributed by atoms with Gasteiger partial charge in [-0.25, -0.2) is 8.42 Å². The molecule has 1 aromatic carbocycles. The van der Waals surface area contributed by atoms with Crippen molar-refractivity contribution in [2.24, 2.45) is 5.92 Å². The molecule has 0 aliphatic carbocycles. The zero-order chi connectivity index (χ0) is 21.3. The van der Waals surface area contributed by atoms with Crippen molar-refractivity contribution in [3.8, 4) is 0 Å². The molecular formula is C18H24ClF3N2O3S. The SMILES string of the molecule is CCN(C(=O)[C@@H](Nc1ccc(C(F)(F)F)cc1Cl)C(C)C)[C@@H]1CCS(=O)(=O)C1. The zero-order valence-electron chi connectivity index (χ0n) is 15.9. The average Bonchev–Trinajstić information content (AvgIpc) is 2.92. The summed E-state index contributed by atoms with van der Waals surface area (Å²) < 4.78 is 62.0. The highest BCUT2D eigenvalue weighted by Gasteiger charge is 2.37. The predicted molar refractivity (Wildman–Crippen MR) is 103 cm³/mol. The number of carbonyl (C=O) groups excluding carboxylic acids is 1. The summed E-state index contributed by atoms with van der Waals surface area (Å²) in [7, 11) is -3.16. The van der Waals surface area contributed by atoms with Gasteiger partial charge in [-0.3, -0.25) is 4.79 Å². The lowest BCUT2D eigenvalue weighted by molar-refractivity contribution is -0.137. The highest BCUT2D eigenvalue weighted by molar-refractivity contribution is 7.91. The van der Waals surface area contributed by atoms with Gasteiger partial charge in [-0.05, 0) is 37.5 Å². The largest absolute Gasteiger partial charge is 0.416 e. The minimum Gasteiger partial charge on any atom is -0.372 e. The van der Waals surface area contributed by atoms with E-state index >= 15 is 0 Å². The van der Waals surface area contributed by atoms with Gasteiger partial charge in [0.2, 0.25) is 5.91 Å². The Morgan fingerprint density at radius 3 is 2.43 bits per heavy atom. The van der Waals surface area contributed by atoms with Gasteiger partial charge in [0.1, 0.15) is 6.04 Å². The molecule has 0 radical (unpaired) electrons. The van der Waals surface area contributed by atoms with Crippen molar-refractivity contribution in [1.82, 2.24) is 4.90 Å². The number of nitrogens with zero attached hydrogens (tertiary/aromatic N) is 1. The van der Waals surface area contributed by atoms with Gasteiger partial charge in [0, 0.05) is 12.6 Å². The van der Waals surface area contributed by atoms with Gasteiger partial charge in [-0.1, -0.05) is 25.4 Å². The fourth-order valence-corrected chi connectivity index (χ4v) is 5.25. The standard InChI is InChI=1S/C18H24ClF3N2O3S/c1-4-24(13-7-8-28(26,27)10-13)17(25)16(11(2)3)23-15-6-5-12(9-14(15)19)18(20,21)22/h5-6,9,11,13,16,23H,4,7-8,10H2,1-3H3/t13-,16+/m1/s1. The maximum atomic E-state index is 13.1. The monoisotopic (exact) mass is 440 g/mol. The van der Waals surface area contributed by atoms with Crippen LogP contribution in [0.25, 0.3) is 0 Å². The van der Waals surface area contributed by atoms with Crippen LogP contribution < -0.4 is 5.32 Å². The van der Waals surface area contributed by atoms with Crippen LogP contribution in [0.5, 0.6) is 0 Å². The highest BCUT2D eigenvalue weighted by Crippen LogP contribution is 2.34. The molecule has 10 heteroatoms. The molecule has 0 aromatic heterocycles. The van der Waals surface area contributed by atoms with Gasteiger partial charge in [-0.2, -0.15) is 13.2 Å². The molecule has 5 nitrogen and oxygen atoms in total. The van der Waals surface area contributed by atoms with Crippen LogP contribution in [0.15, 0.2) is 18.2 Å². The maximum absolute atomic E-state index is 13.1.